The van der Waals surface area contributed by atoms with Crippen LogP contribution in [0.15, 0.2) is 34.9 Å². The molecule has 0 unspecified atom stereocenters. The topological polar surface area (TPSA) is 78.9 Å². The number of hydrogen-bond donors (Lipinski definition) is 0. The summed E-state index contributed by atoms with van der Waals surface area (Å²) in [6.45, 7) is 17.7. The summed E-state index contributed by atoms with van der Waals surface area (Å²) in [6.07, 6.45) is 33.2. The van der Waals surface area contributed by atoms with Crippen molar-refractivity contribution >= 4 is 26.2 Å². The second-order valence-corrected chi connectivity index (χ2v) is 29.4. The van der Waals surface area contributed by atoms with E-state index in [1.165, 1.54) is 93.8 Å². The van der Waals surface area contributed by atoms with Gasteiger partial charge in [0.05, 0.1) is 18.3 Å². The van der Waals surface area contributed by atoms with Gasteiger partial charge in [-0.1, -0.05) is 58.3 Å². The smallest absolute Gasteiger partial charge is 0.370 e. The number of carbonyl (C=O) groups excluding carboxylic acids is 3. The molecule has 0 N–H and O–H groups in total. The molecule has 18 atom stereocenters. The number of ketones is 3. The second-order valence-electron chi connectivity index (χ2n) is 27.0. The zero-order valence-electron chi connectivity index (χ0n) is 41.6. The Balaban J connectivity index is 0.828. The first-order valence-corrected chi connectivity index (χ1v) is 29.9. The molecule has 0 aromatic heterocycles. The van der Waals surface area contributed by atoms with Crippen LogP contribution >= 0.6 is 0 Å². The van der Waals surface area contributed by atoms with Crippen LogP contribution in [0.5, 0.6) is 0 Å². The Labute approximate surface area is 393 Å². The fourth-order valence-corrected chi connectivity index (χ4v) is 23.9. The molecule has 0 heterocycles. The van der Waals surface area contributed by atoms with Crippen LogP contribution in [0.3, 0.4) is 0 Å². The Kier molecular flexibility index (Phi) is 10.4. The van der Waals surface area contributed by atoms with Crippen molar-refractivity contribution in [3.63, 3.8) is 0 Å². The molecule has 12 aliphatic carbocycles. The van der Waals surface area contributed by atoms with Crippen molar-refractivity contribution in [3.8, 4) is 0 Å². The summed E-state index contributed by atoms with van der Waals surface area (Å²) in [6, 6.07) is 0. The van der Waals surface area contributed by atoms with E-state index in [1.807, 2.05) is 0 Å². The quantitative estimate of drug-likeness (QED) is 0.247. The van der Waals surface area contributed by atoms with Crippen molar-refractivity contribution in [1.29, 1.82) is 0 Å². The lowest BCUT2D eigenvalue weighted by Gasteiger charge is -2.59. The van der Waals surface area contributed by atoms with Crippen molar-refractivity contribution in [3.05, 3.63) is 34.9 Å². The zero-order chi connectivity index (χ0) is 45.1. The van der Waals surface area contributed by atoms with Crippen LogP contribution in [-0.4, -0.2) is 44.5 Å². The summed E-state index contributed by atoms with van der Waals surface area (Å²) in [5.41, 5.74) is 5.25. The molecule has 0 bridgehead atoms. The zero-order valence-corrected chi connectivity index (χ0v) is 42.6. The molecule has 12 rings (SSSR count). The number of rotatable bonds is 6. The first kappa shape index (κ1) is 44.5. The molecule has 0 aliphatic heterocycles. The Morgan fingerprint density at radius 2 is 0.677 bits per heavy atom. The third kappa shape index (κ3) is 6.46. The van der Waals surface area contributed by atoms with Gasteiger partial charge in [0.1, 0.15) is 0 Å². The van der Waals surface area contributed by atoms with E-state index in [-0.39, 0.29) is 50.8 Å². The monoisotopic (exact) mass is 905 g/mol. The van der Waals surface area contributed by atoms with Gasteiger partial charge < -0.3 is 13.3 Å². The fourth-order valence-electron chi connectivity index (χ4n) is 21.0. The summed E-state index contributed by atoms with van der Waals surface area (Å²) in [5.74, 6) is 7.12. The Morgan fingerprint density at radius 1 is 0.385 bits per heavy atom. The summed E-state index contributed by atoms with van der Waals surface area (Å²) in [7, 11) is -3.24. The van der Waals surface area contributed by atoms with Gasteiger partial charge in [-0.05, 0) is 239 Å². The SMILES string of the molecule is C[C@]12CC[C@@H]3[C@H](CCC4=CC(=O)CC[C@@]43C)[C@H]1CC[C@H]2O[Si](C)(O[C@@H]1CC[C@@H]2[C@@H]3CCC4=CC(=O)CC[C@]4(C)[C@@H]3CC[C@@]21C)O[C@@H]1CC[C@@H]2[C@@H]3CCC4=CC(=O)CC[C@]4(C)[C@@H]3CC[C@@]21C. The fraction of sp³-hybridized carbons (Fsp3) is 0.845. The van der Waals surface area contributed by atoms with Gasteiger partial charge in [-0.3, -0.25) is 14.4 Å². The van der Waals surface area contributed by atoms with Gasteiger partial charge in [-0.2, -0.15) is 0 Å². The lowest BCUT2D eigenvalue weighted by Crippen LogP contribution is -2.59. The highest BCUT2D eigenvalue weighted by Crippen LogP contribution is 2.70. The van der Waals surface area contributed by atoms with Crippen LogP contribution in [-0.2, 0) is 27.7 Å². The molecular formula is C58H84O6Si. The molecule has 0 aromatic rings. The molecule has 12 aliphatic rings. The third-order valence-corrected chi connectivity index (χ3v) is 26.8. The minimum Gasteiger partial charge on any atom is -0.370 e. The average molecular weight is 905 g/mol. The molecule has 0 radical (unpaired) electrons. The maximum absolute atomic E-state index is 12.6. The van der Waals surface area contributed by atoms with Gasteiger partial charge in [0.25, 0.3) is 0 Å². The van der Waals surface area contributed by atoms with Crippen LogP contribution in [0.25, 0.3) is 0 Å². The largest absolute Gasteiger partial charge is 0.498 e. The third-order valence-electron chi connectivity index (χ3n) is 24.7. The molecule has 9 saturated carbocycles. The highest BCUT2D eigenvalue weighted by atomic mass is 28.4. The summed E-state index contributed by atoms with van der Waals surface area (Å²) in [5, 5.41) is 0. The molecule has 0 saturated heterocycles. The average Bonchev–Trinajstić information content (AvgIpc) is 3.90. The number of carbonyl (C=O) groups is 3. The van der Waals surface area contributed by atoms with Crippen LogP contribution in [0.1, 0.15) is 196 Å². The molecule has 0 amide bonds. The lowest BCUT2D eigenvalue weighted by atomic mass is 9.47. The van der Waals surface area contributed by atoms with Gasteiger partial charge in [-0.15, -0.1) is 0 Å². The lowest BCUT2D eigenvalue weighted by molar-refractivity contribution is -0.129. The maximum atomic E-state index is 12.6. The molecule has 7 heteroatoms. The maximum Gasteiger partial charge on any atom is 0.498 e. The van der Waals surface area contributed by atoms with Gasteiger partial charge in [0, 0.05) is 25.8 Å². The van der Waals surface area contributed by atoms with Gasteiger partial charge in [0.2, 0.25) is 0 Å². The summed E-state index contributed by atoms with van der Waals surface area (Å²) >= 11 is 0. The second kappa shape index (κ2) is 15.2. The summed E-state index contributed by atoms with van der Waals surface area (Å²) < 4.78 is 23.8. The molecular weight excluding hydrogens is 821 g/mol. The summed E-state index contributed by atoms with van der Waals surface area (Å²) in [4.78, 5) is 37.8. The van der Waals surface area contributed by atoms with E-state index in [2.05, 4.69) is 66.3 Å². The number of fused-ring (bicyclic) bond motifs is 15. The van der Waals surface area contributed by atoms with E-state index in [0.29, 0.717) is 70.6 Å². The van der Waals surface area contributed by atoms with Crippen molar-refractivity contribution in [2.24, 2.45) is 85.8 Å². The van der Waals surface area contributed by atoms with Gasteiger partial charge >= 0.3 is 8.80 Å². The highest BCUT2D eigenvalue weighted by molar-refractivity contribution is 6.59. The highest BCUT2D eigenvalue weighted by Gasteiger charge is 2.66. The normalized spacial score (nSPS) is 52.3. The van der Waals surface area contributed by atoms with Crippen LogP contribution in [0.4, 0.5) is 0 Å². The number of hydrogen-bond acceptors (Lipinski definition) is 6. The molecule has 65 heavy (non-hydrogen) atoms. The minimum absolute atomic E-state index is 0.110. The number of allylic oxidation sites excluding steroid dienone is 3. The standard InChI is InChI=1S/C58H84O6Si/c1-53-26-20-38(59)32-35(53)8-11-41-44-14-17-50(56(44,4)29-23-47(41)53)62-65(7,63-51-18-15-45-42-12-9-36-33-39(60)21-27-54(36,2)48(42)24-30-57(45,51)5)64-52-19-16-46-43-13-10-37-34-40(61)22-28-55(37,3)49(43)25-31-58(46,52)6/h32-34,41-52H,8-31H2,1-7H3/t41-,42-,43+,44+,45+,46+,47+,48+,49+,50+,51+,52+,53-,54-,55-,56-,57-,58-/m0/s1. The van der Waals surface area contributed by atoms with E-state index in [4.69, 9.17) is 13.3 Å². The van der Waals surface area contributed by atoms with Crippen molar-refractivity contribution in [2.45, 2.75) is 221 Å². The first-order valence-electron chi connectivity index (χ1n) is 27.7. The molecule has 9 fully saturated rings. The predicted octanol–water partition coefficient (Wildman–Crippen LogP) is 13.3. The van der Waals surface area contributed by atoms with E-state index < -0.39 is 8.80 Å². The van der Waals surface area contributed by atoms with Crippen LogP contribution in [0.2, 0.25) is 6.55 Å². The minimum atomic E-state index is -3.24. The van der Waals surface area contributed by atoms with Gasteiger partial charge in [-0.25, -0.2) is 0 Å². The van der Waals surface area contributed by atoms with Crippen molar-refractivity contribution in [1.82, 2.24) is 0 Å². The van der Waals surface area contributed by atoms with E-state index >= 15 is 0 Å². The molecule has 6 nitrogen and oxygen atoms in total. The van der Waals surface area contributed by atoms with Crippen molar-refractivity contribution in [2.75, 3.05) is 0 Å². The van der Waals surface area contributed by atoms with E-state index in [9.17, 15) is 14.4 Å². The van der Waals surface area contributed by atoms with E-state index in [0.717, 1.165) is 77.0 Å². The Bertz CT molecular complexity index is 1890. The molecule has 0 aromatic carbocycles. The van der Waals surface area contributed by atoms with Gasteiger partial charge in [0.15, 0.2) is 17.3 Å². The Hall–Kier alpha value is -1.67. The molecule has 0 spiro atoms. The molecule has 356 valence electrons. The van der Waals surface area contributed by atoms with Crippen LogP contribution in [0, 0.1) is 85.8 Å². The first-order chi connectivity index (χ1) is 30.9. The van der Waals surface area contributed by atoms with Crippen molar-refractivity contribution < 1.29 is 27.7 Å². The van der Waals surface area contributed by atoms with E-state index in [1.54, 1.807) is 0 Å². The van der Waals surface area contributed by atoms with Crippen LogP contribution < -0.4 is 0 Å². The predicted molar refractivity (Wildman–Crippen MR) is 256 cm³/mol. The Morgan fingerprint density at radius 3 is 0.969 bits per heavy atom.